The number of amides is 1. The third kappa shape index (κ3) is 2.62. The molecule has 0 spiro atoms. The summed E-state index contributed by atoms with van der Waals surface area (Å²) in [6, 6.07) is 13.3. The number of hydrogen-bond donors (Lipinski definition) is 1. The lowest BCUT2D eigenvalue weighted by molar-refractivity contribution is 0.102. The molecule has 0 fully saturated rings. The van der Waals surface area contributed by atoms with Crippen LogP contribution < -0.4 is 5.32 Å². The minimum absolute atomic E-state index is 0.169. The largest absolute Gasteiger partial charge is 0.305 e. The van der Waals surface area contributed by atoms with E-state index in [9.17, 15) is 9.00 Å². The van der Waals surface area contributed by atoms with Crippen LogP contribution in [0.5, 0.6) is 0 Å². The number of aromatic nitrogens is 2. The number of para-hydroxylation sites is 1. The number of benzene rings is 1. The molecular formula is C16H13N3O2S2. The molecule has 1 N–H and O–H groups in total. The van der Waals surface area contributed by atoms with Gasteiger partial charge in [0, 0.05) is 16.4 Å². The molecule has 5 nitrogen and oxygen atoms in total. The Kier molecular flexibility index (Phi) is 3.59. The maximum absolute atomic E-state index is 12.4. The summed E-state index contributed by atoms with van der Waals surface area (Å²) >= 11 is 1.39. The maximum Gasteiger partial charge on any atom is 0.266 e. The Labute approximate surface area is 139 Å². The molecule has 0 unspecified atom stereocenters. The molecule has 4 rings (SSSR count). The van der Waals surface area contributed by atoms with Gasteiger partial charge in [0.05, 0.1) is 27.8 Å². The van der Waals surface area contributed by atoms with Crippen LogP contribution in [0.25, 0.3) is 5.69 Å². The fourth-order valence-corrected chi connectivity index (χ4v) is 4.47. The molecular weight excluding hydrogens is 330 g/mol. The van der Waals surface area contributed by atoms with E-state index < -0.39 is 10.8 Å². The molecule has 1 aliphatic rings. The van der Waals surface area contributed by atoms with Gasteiger partial charge in [-0.1, -0.05) is 24.3 Å². The first-order valence-corrected chi connectivity index (χ1v) is 9.45. The van der Waals surface area contributed by atoms with Crippen LogP contribution >= 0.6 is 11.3 Å². The quantitative estimate of drug-likeness (QED) is 0.795. The Hall–Kier alpha value is -2.25. The number of hydrogen-bond acceptors (Lipinski definition) is 4. The van der Waals surface area contributed by atoms with E-state index in [0.717, 1.165) is 16.9 Å². The van der Waals surface area contributed by atoms with Gasteiger partial charge in [0.1, 0.15) is 5.82 Å². The average molecular weight is 343 g/mol. The number of anilines is 1. The van der Waals surface area contributed by atoms with E-state index in [1.54, 1.807) is 10.7 Å². The number of fused-ring (bicyclic) bond motifs is 1. The number of carbonyl (C=O) groups excluding carboxylic acids is 1. The second-order valence-corrected chi connectivity index (χ2v) is 7.59. The highest BCUT2D eigenvalue weighted by Gasteiger charge is 2.28. The van der Waals surface area contributed by atoms with Crippen LogP contribution in [0, 0.1) is 0 Å². The Morgan fingerprint density at radius 2 is 2.00 bits per heavy atom. The van der Waals surface area contributed by atoms with E-state index in [-0.39, 0.29) is 5.91 Å². The van der Waals surface area contributed by atoms with Crippen molar-refractivity contribution in [2.24, 2.45) is 0 Å². The Morgan fingerprint density at radius 3 is 2.74 bits per heavy atom. The molecule has 1 amide bonds. The third-order valence-electron chi connectivity index (χ3n) is 3.65. The second-order valence-electron chi connectivity index (χ2n) is 5.18. The highest BCUT2D eigenvalue weighted by atomic mass is 32.2. The predicted octanol–water partition coefficient (Wildman–Crippen LogP) is 2.95. The van der Waals surface area contributed by atoms with Crippen LogP contribution in [0.3, 0.4) is 0 Å². The summed E-state index contributed by atoms with van der Waals surface area (Å²) in [5.41, 5.74) is 2.54. The van der Waals surface area contributed by atoms with Crippen molar-refractivity contribution in [1.82, 2.24) is 9.78 Å². The van der Waals surface area contributed by atoms with Gasteiger partial charge in [-0.3, -0.25) is 9.00 Å². The van der Waals surface area contributed by atoms with E-state index in [1.165, 1.54) is 11.3 Å². The van der Waals surface area contributed by atoms with E-state index in [1.807, 2.05) is 41.8 Å². The van der Waals surface area contributed by atoms with Crippen molar-refractivity contribution in [3.63, 3.8) is 0 Å². The topological polar surface area (TPSA) is 64.0 Å². The molecule has 0 bridgehead atoms. The van der Waals surface area contributed by atoms with Gasteiger partial charge in [-0.2, -0.15) is 5.10 Å². The van der Waals surface area contributed by atoms with Crippen LogP contribution in [0.2, 0.25) is 0 Å². The fraction of sp³-hybridized carbons (Fsp3) is 0.125. The standard InChI is InChI=1S/C16H13N3O2S2/c20-16(14-7-4-8-22-14)17-15-12-9-23(21)10-13(12)18-19(15)11-5-2-1-3-6-11/h1-8H,9-10H2,(H,17,20)/t23-/m0/s1. The van der Waals surface area contributed by atoms with Crippen molar-refractivity contribution in [3.05, 3.63) is 64.0 Å². The molecule has 1 aromatic carbocycles. The molecule has 3 aromatic rings. The van der Waals surface area contributed by atoms with Crippen molar-refractivity contribution in [2.75, 3.05) is 5.32 Å². The van der Waals surface area contributed by atoms with Gasteiger partial charge < -0.3 is 5.32 Å². The summed E-state index contributed by atoms with van der Waals surface area (Å²) in [6.07, 6.45) is 0. The van der Waals surface area contributed by atoms with Crippen molar-refractivity contribution >= 4 is 33.9 Å². The number of carbonyl (C=O) groups is 1. The maximum atomic E-state index is 12.4. The lowest BCUT2D eigenvalue weighted by Crippen LogP contribution is -2.15. The SMILES string of the molecule is O=C(Nc1c2c(nn1-c1ccccc1)C[S@@](=O)C2)c1cccs1. The molecule has 1 atom stereocenters. The molecule has 23 heavy (non-hydrogen) atoms. The van der Waals surface area contributed by atoms with Crippen LogP contribution in [-0.4, -0.2) is 19.9 Å². The van der Waals surface area contributed by atoms with Gasteiger partial charge in [-0.15, -0.1) is 11.3 Å². The summed E-state index contributed by atoms with van der Waals surface area (Å²) in [4.78, 5) is 13.1. The first kappa shape index (κ1) is 14.3. The molecule has 116 valence electrons. The smallest absolute Gasteiger partial charge is 0.266 e. The van der Waals surface area contributed by atoms with E-state index in [0.29, 0.717) is 22.2 Å². The van der Waals surface area contributed by atoms with Crippen molar-refractivity contribution in [1.29, 1.82) is 0 Å². The highest BCUT2D eigenvalue weighted by molar-refractivity contribution is 7.83. The Bertz CT molecular complexity index is 886. The van der Waals surface area contributed by atoms with Gasteiger partial charge >= 0.3 is 0 Å². The van der Waals surface area contributed by atoms with Gasteiger partial charge in [-0.05, 0) is 23.6 Å². The summed E-state index contributed by atoms with van der Waals surface area (Å²) in [7, 11) is -0.939. The number of rotatable bonds is 3. The Morgan fingerprint density at radius 1 is 1.17 bits per heavy atom. The van der Waals surface area contributed by atoms with Crippen molar-refractivity contribution in [2.45, 2.75) is 11.5 Å². The molecule has 0 aliphatic carbocycles. The zero-order valence-corrected chi connectivity index (χ0v) is 13.7. The lowest BCUT2D eigenvalue weighted by atomic mass is 10.2. The van der Waals surface area contributed by atoms with Crippen molar-refractivity contribution in [3.8, 4) is 5.69 Å². The van der Waals surface area contributed by atoms with E-state index in [4.69, 9.17) is 0 Å². The summed E-state index contributed by atoms with van der Waals surface area (Å²) in [5, 5.41) is 9.37. The van der Waals surface area contributed by atoms with Gasteiger partial charge in [-0.25, -0.2) is 4.68 Å². The second kappa shape index (κ2) is 5.75. The van der Waals surface area contributed by atoms with E-state index >= 15 is 0 Å². The van der Waals surface area contributed by atoms with Gasteiger partial charge in [0.2, 0.25) is 0 Å². The summed E-state index contributed by atoms with van der Waals surface area (Å²) in [5.74, 6) is 1.33. The van der Waals surface area contributed by atoms with E-state index in [2.05, 4.69) is 10.4 Å². The fourth-order valence-electron chi connectivity index (χ4n) is 2.59. The molecule has 3 heterocycles. The predicted molar refractivity (Wildman–Crippen MR) is 91.4 cm³/mol. The van der Waals surface area contributed by atoms with Crippen LogP contribution in [0.15, 0.2) is 47.8 Å². The molecule has 7 heteroatoms. The molecule has 0 radical (unpaired) electrons. The first-order valence-electron chi connectivity index (χ1n) is 7.08. The number of nitrogens with zero attached hydrogens (tertiary/aromatic N) is 2. The zero-order valence-electron chi connectivity index (χ0n) is 12.1. The summed E-state index contributed by atoms with van der Waals surface area (Å²) < 4.78 is 13.6. The molecule has 2 aromatic heterocycles. The minimum atomic E-state index is -0.939. The molecule has 0 saturated carbocycles. The normalized spacial score (nSPS) is 16.3. The number of thiophene rings is 1. The Balaban J connectivity index is 1.77. The zero-order chi connectivity index (χ0) is 15.8. The van der Waals surface area contributed by atoms with Crippen molar-refractivity contribution < 1.29 is 9.00 Å². The first-order chi connectivity index (χ1) is 11.2. The highest BCUT2D eigenvalue weighted by Crippen LogP contribution is 2.31. The molecule has 1 aliphatic heterocycles. The number of nitrogens with one attached hydrogen (secondary N) is 1. The van der Waals surface area contributed by atoms with Crippen LogP contribution in [-0.2, 0) is 22.3 Å². The third-order valence-corrected chi connectivity index (χ3v) is 5.72. The van der Waals surface area contributed by atoms with Gasteiger partial charge in [0.15, 0.2) is 0 Å². The summed E-state index contributed by atoms with van der Waals surface area (Å²) in [6.45, 7) is 0. The monoisotopic (exact) mass is 343 g/mol. The van der Waals surface area contributed by atoms with Crippen LogP contribution in [0.1, 0.15) is 20.9 Å². The average Bonchev–Trinajstić information content (AvgIpc) is 3.26. The lowest BCUT2D eigenvalue weighted by Gasteiger charge is -2.10. The van der Waals surface area contributed by atoms with Crippen LogP contribution in [0.4, 0.5) is 5.82 Å². The molecule has 0 saturated heterocycles. The van der Waals surface area contributed by atoms with Gasteiger partial charge in [0.25, 0.3) is 5.91 Å². The minimum Gasteiger partial charge on any atom is -0.305 e.